The number of nitrogens with one attached hydrogen (secondary N) is 1. The lowest BCUT2D eigenvalue weighted by Crippen LogP contribution is -3.00. The highest BCUT2D eigenvalue weighted by atomic mass is 16.9. The van der Waals surface area contributed by atoms with Gasteiger partial charge < -0.3 is 15.4 Å². The first-order chi connectivity index (χ1) is 8.45. The summed E-state index contributed by atoms with van der Waals surface area (Å²) in [6.07, 6.45) is -0.507. The molecule has 98 valence electrons. The van der Waals surface area contributed by atoms with Gasteiger partial charge in [-0.05, 0) is 5.56 Å². The van der Waals surface area contributed by atoms with Gasteiger partial charge >= 0.3 is 11.9 Å². The average molecular weight is 255 g/mol. The molecule has 1 aromatic carbocycles. The van der Waals surface area contributed by atoms with Crippen molar-refractivity contribution < 1.29 is 29.9 Å². The molecule has 0 heterocycles. The Morgan fingerprint density at radius 1 is 1.33 bits per heavy atom. The number of quaternary nitrogens is 1. The molecule has 1 aromatic rings. The molecule has 18 heavy (non-hydrogen) atoms. The lowest BCUT2D eigenvalue weighted by molar-refractivity contribution is -0.992. The summed E-state index contributed by atoms with van der Waals surface area (Å²) in [6.45, 7) is 0. The molecule has 0 spiro atoms. The van der Waals surface area contributed by atoms with E-state index in [1.54, 1.807) is 0 Å². The fraction of sp³-hybridized carbons (Fsp3) is 0.273. The fourth-order valence-electron chi connectivity index (χ4n) is 1.49. The molecule has 0 aliphatic carbocycles. The Morgan fingerprint density at radius 3 is 2.28 bits per heavy atom. The molecular weight excluding hydrogens is 242 g/mol. The smallest absolute Gasteiger partial charge is 0.311 e. The Balaban J connectivity index is 2.93. The van der Waals surface area contributed by atoms with Crippen molar-refractivity contribution in [3.63, 3.8) is 0 Å². The zero-order valence-electron chi connectivity index (χ0n) is 9.62. The van der Waals surface area contributed by atoms with Crippen LogP contribution in [0.15, 0.2) is 24.3 Å². The van der Waals surface area contributed by atoms with Crippen LogP contribution in [0.1, 0.15) is 17.9 Å². The maximum Gasteiger partial charge on any atom is 0.311 e. The van der Waals surface area contributed by atoms with Gasteiger partial charge in [0.15, 0.2) is 5.69 Å². The SMILES string of the molecule is CO[NH+]([O-])c1ccc(C(CC(=O)O)C(=O)O)cc1. The Kier molecular flexibility index (Phi) is 4.78. The third-order valence-corrected chi connectivity index (χ3v) is 2.41. The summed E-state index contributed by atoms with van der Waals surface area (Å²) in [5.41, 5.74) is 0.610. The lowest BCUT2D eigenvalue weighted by Gasteiger charge is -2.17. The Labute approximate surface area is 103 Å². The van der Waals surface area contributed by atoms with Crippen LogP contribution in [0.5, 0.6) is 0 Å². The van der Waals surface area contributed by atoms with Gasteiger partial charge in [-0.25, -0.2) is 4.84 Å². The van der Waals surface area contributed by atoms with Crippen molar-refractivity contribution in [2.45, 2.75) is 12.3 Å². The third kappa shape index (κ3) is 3.52. The van der Waals surface area contributed by atoms with Crippen LogP contribution in [0.4, 0.5) is 5.69 Å². The van der Waals surface area contributed by atoms with E-state index >= 15 is 0 Å². The predicted octanol–water partition coefficient (Wildman–Crippen LogP) is -0.0949. The van der Waals surface area contributed by atoms with Crippen LogP contribution in [-0.4, -0.2) is 29.3 Å². The van der Waals surface area contributed by atoms with E-state index in [0.717, 1.165) is 0 Å². The van der Waals surface area contributed by atoms with Crippen molar-refractivity contribution in [2.75, 3.05) is 7.11 Å². The minimum atomic E-state index is -1.22. The molecule has 2 atom stereocenters. The molecule has 0 bridgehead atoms. The molecule has 2 unspecified atom stereocenters. The number of aliphatic carboxylic acids is 2. The second-order valence-electron chi connectivity index (χ2n) is 3.60. The maximum atomic E-state index is 11.2. The zero-order valence-corrected chi connectivity index (χ0v) is 9.62. The molecule has 7 heteroatoms. The Bertz CT molecular complexity index is 430. The second kappa shape index (κ2) is 6.10. The van der Waals surface area contributed by atoms with Gasteiger partial charge in [0.25, 0.3) is 0 Å². The summed E-state index contributed by atoms with van der Waals surface area (Å²) in [5, 5.41) is 28.2. The van der Waals surface area contributed by atoms with Crippen molar-refractivity contribution in [1.29, 1.82) is 0 Å². The van der Waals surface area contributed by atoms with Crippen LogP contribution >= 0.6 is 0 Å². The molecule has 0 fully saturated rings. The Morgan fingerprint density at radius 2 is 1.89 bits per heavy atom. The van der Waals surface area contributed by atoms with Crippen LogP contribution in [0.2, 0.25) is 0 Å². The maximum absolute atomic E-state index is 11.2. The number of carboxylic acid groups (broad SMARTS) is 2. The number of carbonyl (C=O) groups is 2. The normalized spacial score (nSPS) is 13.9. The predicted molar refractivity (Wildman–Crippen MR) is 60.1 cm³/mol. The second-order valence-corrected chi connectivity index (χ2v) is 3.60. The first kappa shape index (κ1) is 14.1. The van der Waals surface area contributed by atoms with E-state index in [1.807, 2.05) is 0 Å². The molecule has 0 aliphatic heterocycles. The molecule has 0 aliphatic rings. The van der Waals surface area contributed by atoms with Gasteiger partial charge in [0, 0.05) is 12.1 Å². The van der Waals surface area contributed by atoms with E-state index in [9.17, 15) is 14.8 Å². The zero-order chi connectivity index (χ0) is 13.7. The number of benzene rings is 1. The van der Waals surface area contributed by atoms with E-state index in [2.05, 4.69) is 4.84 Å². The largest absolute Gasteiger partial charge is 0.595 e. The van der Waals surface area contributed by atoms with Crippen LogP contribution in [0.25, 0.3) is 0 Å². The van der Waals surface area contributed by atoms with Gasteiger partial charge in [-0.3, -0.25) is 9.59 Å². The van der Waals surface area contributed by atoms with Crippen LogP contribution < -0.4 is 5.23 Å². The van der Waals surface area contributed by atoms with E-state index in [0.29, 0.717) is 5.56 Å². The van der Waals surface area contributed by atoms with Gasteiger partial charge in [0.05, 0.1) is 19.4 Å². The molecule has 0 radical (unpaired) electrons. The molecule has 7 nitrogen and oxygen atoms in total. The van der Waals surface area contributed by atoms with Gasteiger partial charge in [-0.2, -0.15) is 5.23 Å². The Hall–Kier alpha value is -1.96. The molecule has 0 amide bonds. The summed E-state index contributed by atoms with van der Waals surface area (Å²) in [5.74, 6) is -3.54. The molecule has 0 saturated heterocycles. The van der Waals surface area contributed by atoms with Gasteiger partial charge in [-0.1, -0.05) is 12.1 Å². The number of carboxylic acids is 2. The van der Waals surface area contributed by atoms with E-state index in [1.165, 1.54) is 31.4 Å². The summed E-state index contributed by atoms with van der Waals surface area (Å²) in [6, 6.07) is 5.62. The van der Waals surface area contributed by atoms with Crippen LogP contribution in [0.3, 0.4) is 0 Å². The van der Waals surface area contributed by atoms with Gasteiger partial charge in [0.1, 0.15) is 0 Å². The molecule has 1 rings (SSSR count). The monoisotopic (exact) mass is 255 g/mol. The summed E-state index contributed by atoms with van der Waals surface area (Å²) >= 11 is 0. The number of hydrogen-bond acceptors (Lipinski definition) is 4. The van der Waals surface area contributed by atoms with Crippen molar-refractivity contribution in [2.24, 2.45) is 0 Å². The first-order valence-electron chi connectivity index (χ1n) is 5.08. The van der Waals surface area contributed by atoms with Crippen molar-refractivity contribution in [3.05, 3.63) is 35.0 Å². The van der Waals surface area contributed by atoms with Crippen molar-refractivity contribution >= 4 is 17.6 Å². The van der Waals surface area contributed by atoms with E-state index < -0.39 is 29.5 Å². The van der Waals surface area contributed by atoms with E-state index in [-0.39, 0.29) is 5.69 Å². The summed E-state index contributed by atoms with van der Waals surface area (Å²) < 4.78 is 0. The number of hydrogen-bond donors (Lipinski definition) is 3. The minimum absolute atomic E-state index is 0.278. The lowest BCUT2D eigenvalue weighted by atomic mass is 9.96. The summed E-state index contributed by atoms with van der Waals surface area (Å²) in [7, 11) is 1.24. The first-order valence-corrected chi connectivity index (χ1v) is 5.08. The molecule has 0 saturated carbocycles. The van der Waals surface area contributed by atoms with Crippen molar-refractivity contribution in [3.8, 4) is 0 Å². The molecule has 0 aromatic heterocycles. The van der Waals surface area contributed by atoms with Crippen LogP contribution in [-0.2, 0) is 14.4 Å². The molecular formula is C11H13NO6. The third-order valence-electron chi connectivity index (χ3n) is 2.41. The molecule has 3 N–H and O–H groups in total. The number of rotatable bonds is 6. The standard InChI is InChI=1S/C11H13NO6/c1-18-12(17)8-4-2-7(3-5-8)9(11(15)16)6-10(13)14/h2-5,9,12H,6H2,1H3,(H,13,14)(H,15,16). The highest BCUT2D eigenvalue weighted by Gasteiger charge is 2.23. The fourth-order valence-corrected chi connectivity index (χ4v) is 1.49. The average Bonchev–Trinajstić information content (AvgIpc) is 2.34. The minimum Gasteiger partial charge on any atom is -0.595 e. The van der Waals surface area contributed by atoms with Gasteiger partial charge in [-0.15, -0.1) is 0 Å². The topological polar surface area (TPSA) is 111 Å². The quantitative estimate of drug-likeness (QED) is 0.612. The van der Waals surface area contributed by atoms with Gasteiger partial charge in [0.2, 0.25) is 0 Å². The van der Waals surface area contributed by atoms with Crippen LogP contribution in [0, 0.1) is 5.21 Å². The van der Waals surface area contributed by atoms with E-state index in [4.69, 9.17) is 10.2 Å². The summed E-state index contributed by atoms with van der Waals surface area (Å²) in [4.78, 5) is 26.0. The highest BCUT2D eigenvalue weighted by molar-refractivity contribution is 5.82. The van der Waals surface area contributed by atoms with Crippen molar-refractivity contribution in [1.82, 2.24) is 0 Å². The highest BCUT2D eigenvalue weighted by Crippen LogP contribution is 2.21.